The first-order valence-electron chi connectivity index (χ1n) is 10.4. The lowest BCUT2D eigenvalue weighted by molar-refractivity contribution is -0.114. The molecule has 0 aliphatic carbocycles. The average molecular weight is 409 g/mol. The Morgan fingerprint density at radius 1 is 1.06 bits per heavy atom. The molecule has 1 saturated heterocycles. The van der Waals surface area contributed by atoms with E-state index in [0.717, 1.165) is 54.3 Å². The van der Waals surface area contributed by atoms with Crippen molar-refractivity contribution in [1.29, 1.82) is 0 Å². The fourth-order valence-electron chi connectivity index (χ4n) is 4.12. The van der Waals surface area contributed by atoms with Crippen molar-refractivity contribution in [1.82, 2.24) is 9.80 Å². The predicted molar refractivity (Wildman–Crippen MR) is 123 cm³/mol. The minimum absolute atomic E-state index is 0.117. The largest absolute Gasteiger partial charge is 0.373 e. The minimum Gasteiger partial charge on any atom is -0.373 e. The fourth-order valence-corrected chi connectivity index (χ4v) is 4.12. The van der Waals surface area contributed by atoms with Gasteiger partial charge in [-0.25, -0.2) is 4.99 Å². The van der Waals surface area contributed by atoms with E-state index in [1.807, 2.05) is 54.7 Å². The van der Waals surface area contributed by atoms with Gasteiger partial charge in [0.25, 0.3) is 5.91 Å². The molecule has 0 radical (unpaired) electrons. The zero-order valence-electron chi connectivity index (χ0n) is 17.5. The van der Waals surface area contributed by atoms with E-state index in [1.54, 1.807) is 4.90 Å². The summed E-state index contributed by atoms with van der Waals surface area (Å²) in [6, 6.07) is 15.7. The topological polar surface area (TPSA) is 51.5 Å². The molecule has 6 heteroatoms. The first-order chi connectivity index (χ1) is 15.1. The Bertz CT molecular complexity index is 1160. The van der Waals surface area contributed by atoms with Gasteiger partial charge in [-0.3, -0.25) is 14.7 Å². The molecule has 2 aromatic rings. The van der Waals surface area contributed by atoms with Crippen molar-refractivity contribution in [3.8, 4) is 12.3 Å². The van der Waals surface area contributed by atoms with Crippen LogP contribution < -0.4 is 4.90 Å². The molecule has 1 fully saturated rings. The molecule has 0 saturated carbocycles. The van der Waals surface area contributed by atoms with Gasteiger partial charge < -0.3 is 9.80 Å². The number of amides is 1. The molecular weight excluding hydrogens is 386 g/mol. The Labute approximate surface area is 182 Å². The number of fused-ring (bicyclic) bond motifs is 3. The number of terminal acetylenes is 1. The Kier molecular flexibility index (Phi) is 4.89. The van der Waals surface area contributed by atoms with Gasteiger partial charge in [-0.2, -0.15) is 0 Å². The lowest BCUT2D eigenvalue weighted by atomic mass is 9.98. The monoisotopic (exact) mass is 409 g/mol. The van der Waals surface area contributed by atoms with E-state index in [9.17, 15) is 4.79 Å². The molecular formula is C25H23N5O. The molecule has 0 aromatic heterocycles. The molecule has 0 bridgehead atoms. The van der Waals surface area contributed by atoms with Crippen LogP contribution >= 0.6 is 0 Å². The van der Waals surface area contributed by atoms with Crippen molar-refractivity contribution in [2.45, 2.75) is 0 Å². The summed E-state index contributed by atoms with van der Waals surface area (Å²) in [5, 5.41) is 0. The first-order valence-corrected chi connectivity index (χ1v) is 10.4. The highest BCUT2D eigenvalue weighted by atomic mass is 16.2. The van der Waals surface area contributed by atoms with Crippen LogP contribution in [0.3, 0.4) is 0 Å². The smallest absolute Gasteiger partial charge is 0.284 e. The summed E-state index contributed by atoms with van der Waals surface area (Å²) in [4.78, 5) is 29.1. The third-order valence-electron chi connectivity index (χ3n) is 5.86. The number of benzene rings is 2. The van der Waals surface area contributed by atoms with Gasteiger partial charge >= 0.3 is 0 Å². The molecule has 31 heavy (non-hydrogen) atoms. The maximum absolute atomic E-state index is 13.4. The number of carbonyl (C=O) groups is 1. The summed E-state index contributed by atoms with van der Waals surface area (Å²) in [5.41, 5.74) is 4.64. The Balaban J connectivity index is 1.57. The second-order valence-corrected chi connectivity index (χ2v) is 7.93. The Morgan fingerprint density at radius 3 is 2.58 bits per heavy atom. The van der Waals surface area contributed by atoms with Crippen LogP contribution in [0.2, 0.25) is 0 Å². The lowest BCUT2D eigenvalue weighted by Gasteiger charge is -2.31. The number of nitrogens with zero attached hydrogens (tertiary/aromatic N) is 5. The van der Waals surface area contributed by atoms with Crippen molar-refractivity contribution in [2.75, 3.05) is 44.7 Å². The van der Waals surface area contributed by atoms with Crippen LogP contribution in [-0.2, 0) is 4.79 Å². The summed E-state index contributed by atoms with van der Waals surface area (Å²) < 4.78 is 0. The second kappa shape index (κ2) is 7.86. The van der Waals surface area contributed by atoms with E-state index in [2.05, 4.69) is 27.8 Å². The lowest BCUT2D eigenvalue weighted by Crippen LogP contribution is -2.42. The molecule has 0 unspecified atom stereocenters. The predicted octanol–water partition coefficient (Wildman–Crippen LogP) is 2.35. The van der Waals surface area contributed by atoms with Crippen LogP contribution in [0.5, 0.6) is 0 Å². The van der Waals surface area contributed by atoms with Gasteiger partial charge in [0.1, 0.15) is 11.5 Å². The molecule has 2 aromatic carbocycles. The van der Waals surface area contributed by atoms with Gasteiger partial charge in [-0.1, -0.05) is 36.3 Å². The van der Waals surface area contributed by atoms with Crippen molar-refractivity contribution in [3.63, 3.8) is 0 Å². The van der Waals surface area contributed by atoms with Gasteiger partial charge in [-0.05, 0) is 25.2 Å². The maximum Gasteiger partial charge on any atom is 0.284 e. The highest BCUT2D eigenvalue weighted by Crippen LogP contribution is 2.32. The SMILES string of the molecule is C#Cc1ccc2c(c1)C(c1ccccc1)=NCC1=NC(=CN3CCN(C)CC3)C(=O)N12. The van der Waals surface area contributed by atoms with Crippen molar-refractivity contribution < 1.29 is 4.79 Å². The van der Waals surface area contributed by atoms with Crippen LogP contribution in [0.1, 0.15) is 16.7 Å². The van der Waals surface area contributed by atoms with Crippen LogP contribution in [0, 0.1) is 12.3 Å². The molecule has 3 aliphatic heterocycles. The van der Waals surface area contributed by atoms with Crippen LogP contribution in [-0.4, -0.2) is 67.0 Å². The Hall–Kier alpha value is -3.69. The summed E-state index contributed by atoms with van der Waals surface area (Å²) in [6.07, 6.45) is 7.56. The van der Waals surface area contributed by atoms with Crippen molar-refractivity contribution in [3.05, 3.63) is 77.1 Å². The molecule has 0 spiro atoms. The third kappa shape index (κ3) is 3.54. The second-order valence-electron chi connectivity index (χ2n) is 7.93. The third-order valence-corrected chi connectivity index (χ3v) is 5.86. The number of aliphatic imine (C=N–C) groups is 2. The number of hydrogen-bond acceptors (Lipinski definition) is 5. The molecule has 3 aliphatic rings. The number of amidine groups is 1. The fraction of sp³-hybridized carbons (Fsp3) is 0.240. The molecule has 0 N–H and O–H groups in total. The van der Waals surface area contributed by atoms with E-state index in [1.165, 1.54) is 0 Å². The van der Waals surface area contributed by atoms with Gasteiger partial charge in [0.05, 0.1) is 17.9 Å². The van der Waals surface area contributed by atoms with E-state index in [-0.39, 0.29) is 5.91 Å². The van der Waals surface area contributed by atoms with Crippen LogP contribution in [0.15, 0.2) is 70.4 Å². The molecule has 5 rings (SSSR count). The first kappa shape index (κ1) is 19.3. The van der Waals surface area contributed by atoms with Gasteiger partial charge in [-0.15, -0.1) is 6.42 Å². The number of likely N-dealkylation sites (N-methyl/N-ethyl adjacent to an activating group) is 1. The summed E-state index contributed by atoms with van der Waals surface area (Å²) in [6.45, 7) is 4.05. The number of anilines is 1. The number of carbonyl (C=O) groups excluding carboxylic acids is 1. The van der Waals surface area contributed by atoms with Crippen molar-refractivity contribution >= 4 is 23.1 Å². The molecule has 6 nitrogen and oxygen atoms in total. The zero-order chi connectivity index (χ0) is 21.4. The minimum atomic E-state index is -0.117. The summed E-state index contributed by atoms with van der Waals surface area (Å²) >= 11 is 0. The average Bonchev–Trinajstić information content (AvgIpc) is 3.01. The Morgan fingerprint density at radius 2 is 1.84 bits per heavy atom. The van der Waals surface area contributed by atoms with Gasteiger partial charge in [0, 0.05) is 49.1 Å². The van der Waals surface area contributed by atoms with Crippen LogP contribution in [0.25, 0.3) is 0 Å². The van der Waals surface area contributed by atoms with Crippen LogP contribution in [0.4, 0.5) is 5.69 Å². The van der Waals surface area contributed by atoms with Gasteiger partial charge in [0.15, 0.2) is 0 Å². The highest BCUT2D eigenvalue weighted by molar-refractivity contribution is 6.32. The van der Waals surface area contributed by atoms with E-state index in [4.69, 9.17) is 11.4 Å². The molecule has 3 heterocycles. The maximum atomic E-state index is 13.4. The van der Waals surface area contributed by atoms with Crippen molar-refractivity contribution in [2.24, 2.45) is 9.98 Å². The normalized spacial score (nSPS) is 20.0. The summed E-state index contributed by atoms with van der Waals surface area (Å²) in [5.74, 6) is 3.22. The van der Waals surface area contributed by atoms with E-state index >= 15 is 0 Å². The molecule has 1 amide bonds. The number of hydrogen-bond donors (Lipinski definition) is 0. The number of piperazine rings is 1. The molecule has 0 atom stereocenters. The summed E-state index contributed by atoms with van der Waals surface area (Å²) in [7, 11) is 2.11. The van der Waals surface area contributed by atoms with Gasteiger partial charge in [0.2, 0.25) is 0 Å². The highest BCUT2D eigenvalue weighted by Gasteiger charge is 2.36. The zero-order valence-corrected chi connectivity index (χ0v) is 17.5. The number of rotatable bonds is 2. The quantitative estimate of drug-likeness (QED) is 0.565. The van der Waals surface area contributed by atoms with E-state index in [0.29, 0.717) is 18.1 Å². The molecule has 154 valence electrons. The standard InChI is InChI=1S/C25H23N5O/c1-3-18-9-10-22-20(15-18)24(19-7-5-4-6-8-19)26-16-23-27-21(25(31)30(22)23)17-29-13-11-28(2)12-14-29/h1,4-10,15,17H,11-14,16H2,2H3. The van der Waals surface area contributed by atoms with E-state index < -0.39 is 0 Å².